The number of carbonyl (C=O) groups is 2. The minimum Gasteiger partial charge on any atom is -0.374 e. The largest absolute Gasteiger partial charge is 0.416 e. The topological polar surface area (TPSA) is 113 Å². The fourth-order valence-corrected chi connectivity index (χ4v) is 3.98. The van der Waals surface area contributed by atoms with E-state index in [2.05, 4.69) is 15.6 Å². The molecular formula is C23H21F3N4O4. The molecule has 0 saturated carbocycles. The Morgan fingerprint density at radius 2 is 1.97 bits per heavy atom. The minimum atomic E-state index is -4.53. The van der Waals surface area contributed by atoms with Crippen LogP contribution in [0.4, 0.5) is 13.2 Å². The summed E-state index contributed by atoms with van der Waals surface area (Å²) < 4.78 is 40.0. The summed E-state index contributed by atoms with van der Waals surface area (Å²) >= 11 is 0. The van der Waals surface area contributed by atoms with Gasteiger partial charge >= 0.3 is 6.18 Å². The zero-order chi connectivity index (χ0) is 24.6. The predicted molar refractivity (Wildman–Crippen MR) is 115 cm³/mol. The van der Waals surface area contributed by atoms with Crippen LogP contribution in [0.15, 0.2) is 47.3 Å². The number of carbonyl (C=O) groups excluding carboxylic acids is 2. The van der Waals surface area contributed by atoms with Crippen LogP contribution in [0.1, 0.15) is 47.6 Å². The molecule has 3 aromatic rings. The molecule has 1 fully saturated rings. The van der Waals surface area contributed by atoms with E-state index in [1.54, 1.807) is 25.1 Å². The monoisotopic (exact) mass is 474 g/mol. The van der Waals surface area contributed by atoms with Crippen molar-refractivity contribution >= 4 is 22.7 Å². The van der Waals surface area contributed by atoms with Gasteiger partial charge in [0.25, 0.3) is 5.56 Å². The van der Waals surface area contributed by atoms with Crippen LogP contribution in [0.25, 0.3) is 10.9 Å². The van der Waals surface area contributed by atoms with Crippen molar-refractivity contribution < 1.29 is 27.9 Å². The van der Waals surface area contributed by atoms with E-state index in [1.165, 1.54) is 16.7 Å². The van der Waals surface area contributed by atoms with Crippen molar-refractivity contribution in [2.24, 2.45) is 0 Å². The van der Waals surface area contributed by atoms with Gasteiger partial charge in [-0.15, -0.1) is 0 Å². The average Bonchev–Trinajstić information content (AvgIpc) is 2.78. The molecule has 2 aromatic carbocycles. The van der Waals surface area contributed by atoms with Gasteiger partial charge in [0.05, 0.1) is 16.5 Å². The maximum absolute atomic E-state index is 13.2. The first-order valence-corrected chi connectivity index (χ1v) is 10.5. The maximum atomic E-state index is 13.2. The summed E-state index contributed by atoms with van der Waals surface area (Å²) in [5.41, 5.74) is -0.276. The van der Waals surface area contributed by atoms with Crippen molar-refractivity contribution in [2.45, 2.75) is 44.8 Å². The molecule has 2 heterocycles. The number of benzene rings is 2. The second-order valence-corrected chi connectivity index (χ2v) is 8.06. The summed E-state index contributed by atoms with van der Waals surface area (Å²) in [6.45, 7) is 1.66. The number of rotatable bonds is 5. The Balaban J connectivity index is 1.58. The van der Waals surface area contributed by atoms with Crippen molar-refractivity contribution in [3.05, 3.63) is 75.3 Å². The molecule has 3 N–H and O–H groups in total. The lowest BCUT2D eigenvalue weighted by Gasteiger charge is -2.24. The first-order chi connectivity index (χ1) is 16.0. The van der Waals surface area contributed by atoms with E-state index in [9.17, 15) is 32.7 Å². The van der Waals surface area contributed by atoms with E-state index in [0.29, 0.717) is 16.9 Å². The lowest BCUT2D eigenvalue weighted by atomic mass is 10.0. The molecule has 11 heteroatoms. The first kappa shape index (κ1) is 23.6. The number of hydrogen-bond donors (Lipinski definition) is 3. The number of amides is 2. The number of hydrogen-bond acceptors (Lipinski definition) is 6. The van der Waals surface area contributed by atoms with E-state index >= 15 is 0 Å². The number of aliphatic hydroxyl groups excluding tert-OH is 1. The van der Waals surface area contributed by atoms with Gasteiger partial charge in [0, 0.05) is 13.0 Å². The molecule has 34 heavy (non-hydrogen) atoms. The van der Waals surface area contributed by atoms with Gasteiger partial charge in [0.2, 0.25) is 11.8 Å². The molecule has 8 nitrogen and oxygen atoms in total. The number of nitrogens with one attached hydrogen (secondary N) is 2. The third kappa shape index (κ3) is 4.70. The second-order valence-electron chi connectivity index (χ2n) is 8.06. The number of halogens is 3. The van der Waals surface area contributed by atoms with Crippen molar-refractivity contribution in [3.8, 4) is 0 Å². The quantitative estimate of drug-likeness (QED) is 0.387. The maximum Gasteiger partial charge on any atom is 0.416 e. The smallest absolute Gasteiger partial charge is 0.374 e. The van der Waals surface area contributed by atoms with Gasteiger partial charge in [-0.2, -0.15) is 13.2 Å². The number of fused-ring (bicyclic) bond motifs is 1. The molecular weight excluding hydrogens is 453 g/mol. The number of piperidine rings is 1. The van der Waals surface area contributed by atoms with Crippen LogP contribution in [-0.2, 0) is 22.3 Å². The molecule has 1 aliphatic heterocycles. The highest BCUT2D eigenvalue weighted by Crippen LogP contribution is 2.30. The first-order valence-electron chi connectivity index (χ1n) is 10.5. The fraction of sp³-hybridized carbons (Fsp3) is 0.304. The Morgan fingerprint density at radius 3 is 2.68 bits per heavy atom. The third-order valence-corrected chi connectivity index (χ3v) is 5.69. The van der Waals surface area contributed by atoms with Gasteiger partial charge in [0.1, 0.15) is 18.1 Å². The van der Waals surface area contributed by atoms with Crippen LogP contribution < -0.4 is 16.2 Å². The Kier molecular flexibility index (Phi) is 6.24. The summed E-state index contributed by atoms with van der Waals surface area (Å²) in [6, 6.07) is 8.36. The normalized spacial score (nSPS) is 17.6. The molecule has 1 aliphatic rings. The molecule has 1 aromatic heterocycles. The van der Waals surface area contributed by atoms with Crippen molar-refractivity contribution in [2.75, 3.05) is 0 Å². The molecule has 2 amide bonds. The van der Waals surface area contributed by atoms with Crippen LogP contribution in [0, 0.1) is 6.92 Å². The predicted octanol–water partition coefficient (Wildman–Crippen LogP) is 2.48. The van der Waals surface area contributed by atoms with Crippen molar-refractivity contribution in [1.82, 2.24) is 20.2 Å². The molecule has 0 spiro atoms. The minimum absolute atomic E-state index is 0.0492. The fourth-order valence-electron chi connectivity index (χ4n) is 3.98. The summed E-state index contributed by atoms with van der Waals surface area (Å²) in [5, 5.41) is 15.5. The standard InChI is InChI=1S/C23H21F3N4O4/c1-12-28-17-6-5-13(11-27-20(32)14-3-2-4-15(10-14)23(24,25)26)9-16(17)22(34)30(12)18-7-8-19(31)29-21(18)33/h2-6,9-10,18,20,27,32H,7-8,11H2,1H3,(H,29,31,33). The Bertz CT molecular complexity index is 1340. The Hall–Kier alpha value is -3.57. The second kappa shape index (κ2) is 8.99. The van der Waals surface area contributed by atoms with Gasteiger partial charge in [-0.3, -0.25) is 29.6 Å². The SMILES string of the molecule is Cc1nc2ccc(CNC(O)c3cccc(C(F)(F)F)c3)cc2c(=O)n1C1CCC(=O)NC1=O. The Labute approximate surface area is 191 Å². The number of aryl methyl sites for hydroxylation is 1. The summed E-state index contributed by atoms with van der Waals surface area (Å²) in [4.78, 5) is 41.3. The highest BCUT2D eigenvalue weighted by Gasteiger charge is 2.31. The zero-order valence-corrected chi connectivity index (χ0v) is 18.0. The molecule has 1 saturated heterocycles. The van der Waals surface area contributed by atoms with Crippen LogP contribution >= 0.6 is 0 Å². The van der Waals surface area contributed by atoms with Gasteiger partial charge in [-0.25, -0.2) is 4.98 Å². The van der Waals surface area contributed by atoms with E-state index in [4.69, 9.17) is 0 Å². The number of aliphatic hydroxyl groups is 1. The molecule has 178 valence electrons. The molecule has 2 unspecified atom stereocenters. The van der Waals surface area contributed by atoms with Gasteiger partial charge in [-0.1, -0.05) is 18.2 Å². The molecule has 0 bridgehead atoms. The summed E-state index contributed by atoms with van der Waals surface area (Å²) in [5.74, 6) is -0.629. The van der Waals surface area contributed by atoms with E-state index in [-0.39, 0.29) is 30.3 Å². The van der Waals surface area contributed by atoms with Crippen molar-refractivity contribution in [1.29, 1.82) is 0 Å². The highest BCUT2D eigenvalue weighted by atomic mass is 19.4. The van der Waals surface area contributed by atoms with Gasteiger partial charge in [-0.05, 0) is 48.7 Å². The van der Waals surface area contributed by atoms with E-state index in [0.717, 1.165) is 12.1 Å². The van der Waals surface area contributed by atoms with Gasteiger partial charge in [0.15, 0.2) is 0 Å². The molecule has 4 rings (SSSR count). The molecule has 0 radical (unpaired) electrons. The highest BCUT2D eigenvalue weighted by molar-refractivity contribution is 5.99. The lowest BCUT2D eigenvalue weighted by Crippen LogP contribution is -2.45. The Morgan fingerprint density at radius 1 is 1.21 bits per heavy atom. The van der Waals surface area contributed by atoms with E-state index in [1.807, 2.05) is 0 Å². The molecule has 0 aliphatic carbocycles. The lowest BCUT2D eigenvalue weighted by molar-refractivity contribution is -0.138. The zero-order valence-electron chi connectivity index (χ0n) is 18.0. The van der Waals surface area contributed by atoms with E-state index < -0.39 is 41.4 Å². The van der Waals surface area contributed by atoms with Crippen molar-refractivity contribution in [3.63, 3.8) is 0 Å². The number of aromatic nitrogens is 2. The van der Waals surface area contributed by atoms with Gasteiger partial charge < -0.3 is 5.11 Å². The number of imide groups is 1. The van der Waals surface area contributed by atoms with Crippen LogP contribution in [0.2, 0.25) is 0 Å². The summed E-state index contributed by atoms with van der Waals surface area (Å²) in [6.07, 6.45) is -5.60. The van der Waals surface area contributed by atoms with Crippen LogP contribution in [-0.4, -0.2) is 26.5 Å². The number of nitrogens with zero attached hydrogens (tertiary/aromatic N) is 2. The number of alkyl halides is 3. The van der Waals surface area contributed by atoms with Crippen LogP contribution in [0.5, 0.6) is 0 Å². The summed E-state index contributed by atoms with van der Waals surface area (Å²) in [7, 11) is 0. The average molecular weight is 474 g/mol. The molecule has 2 atom stereocenters. The van der Waals surface area contributed by atoms with Crippen LogP contribution in [0.3, 0.4) is 0 Å². The third-order valence-electron chi connectivity index (χ3n) is 5.69.